The van der Waals surface area contributed by atoms with Crippen LogP contribution in [-0.4, -0.2) is 55.6 Å². The van der Waals surface area contributed by atoms with Crippen molar-refractivity contribution in [3.8, 4) is 5.75 Å². The van der Waals surface area contributed by atoms with E-state index in [0.717, 1.165) is 11.1 Å². The van der Waals surface area contributed by atoms with Crippen molar-refractivity contribution >= 4 is 17.5 Å². The average molecular weight is 440 g/mol. The zero-order valence-electron chi connectivity index (χ0n) is 18.0. The number of aliphatic hydroxyl groups is 1. The Morgan fingerprint density at radius 3 is 2.72 bits per heavy atom. The van der Waals surface area contributed by atoms with Crippen molar-refractivity contribution in [2.75, 3.05) is 25.6 Å². The molecule has 0 aliphatic carbocycles. The second kappa shape index (κ2) is 10.1. The molecule has 8 heteroatoms. The third-order valence-electron chi connectivity index (χ3n) is 5.80. The van der Waals surface area contributed by atoms with Crippen molar-refractivity contribution in [3.05, 3.63) is 59.7 Å². The number of nitrogens with one attached hydrogen (secondary N) is 2. The van der Waals surface area contributed by atoms with Gasteiger partial charge in [0.1, 0.15) is 24.6 Å². The number of anilines is 1. The number of aliphatic hydroxyl groups excluding tert-OH is 1. The van der Waals surface area contributed by atoms with Crippen LogP contribution in [0.1, 0.15) is 29.9 Å². The standard InChI is InChI=1S/C24H28N2O6/c1-30-14-23(29)26-16-7-8-20-18(9-16)19-10-17(31-21(13-27)24(19)32-20)11-22(28)25-12-15-5-3-2-4-6-15/h2-9,17,19,21,24,27H,10-14H2,1H3,(H,25,28)(H,26,29)/t17-,19+,21+,24-/m0/s1. The molecule has 1 fully saturated rings. The molecule has 2 aromatic carbocycles. The number of carbonyl (C=O) groups is 2. The summed E-state index contributed by atoms with van der Waals surface area (Å²) in [5, 5.41) is 15.6. The molecule has 32 heavy (non-hydrogen) atoms. The second-order valence-electron chi connectivity index (χ2n) is 8.10. The third kappa shape index (κ3) is 5.09. The first-order valence-corrected chi connectivity index (χ1v) is 10.7. The first kappa shape index (κ1) is 22.3. The molecule has 2 aliphatic rings. The van der Waals surface area contributed by atoms with E-state index in [2.05, 4.69) is 10.6 Å². The molecule has 170 valence electrons. The van der Waals surface area contributed by atoms with Gasteiger partial charge in [-0.15, -0.1) is 0 Å². The van der Waals surface area contributed by atoms with Crippen molar-refractivity contribution < 1.29 is 28.9 Å². The van der Waals surface area contributed by atoms with Crippen LogP contribution < -0.4 is 15.4 Å². The highest BCUT2D eigenvalue weighted by Gasteiger charge is 2.46. The summed E-state index contributed by atoms with van der Waals surface area (Å²) >= 11 is 0. The summed E-state index contributed by atoms with van der Waals surface area (Å²) in [6, 6.07) is 15.2. The molecule has 0 spiro atoms. The van der Waals surface area contributed by atoms with Gasteiger partial charge in [0.15, 0.2) is 0 Å². The summed E-state index contributed by atoms with van der Waals surface area (Å²) in [5.41, 5.74) is 2.63. The van der Waals surface area contributed by atoms with Crippen molar-refractivity contribution in [2.24, 2.45) is 0 Å². The highest BCUT2D eigenvalue weighted by molar-refractivity contribution is 5.92. The Balaban J connectivity index is 1.42. The van der Waals surface area contributed by atoms with Gasteiger partial charge in [-0.3, -0.25) is 9.59 Å². The van der Waals surface area contributed by atoms with Crippen LogP contribution in [0.2, 0.25) is 0 Å². The molecule has 2 heterocycles. The van der Waals surface area contributed by atoms with Crippen LogP contribution in [0, 0.1) is 0 Å². The molecule has 0 radical (unpaired) electrons. The Morgan fingerprint density at radius 1 is 1.16 bits per heavy atom. The highest BCUT2D eigenvalue weighted by Crippen LogP contribution is 2.47. The maximum Gasteiger partial charge on any atom is 0.250 e. The third-order valence-corrected chi connectivity index (χ3v) is 5.80. The molecular weight excluding hydrogens is 412 g/mol. The lowest BCUT2D eigenvalue weighted by Crippen LogP contribution is -2.47. The van der Waals surface area contributed by atoms with Crippen LogP contribution in [0.5, 0.6) is 5.75 Å². The molecule has 2 aliphatic heterocycles. The Kier molecular flexibility index (Phi) is 7.04. The van der Waals surface area contributed by atoms with Gasteiger partial charge in [-0.05, 0) is 30.2 Å². The van der Waals surface area contributed by atoms with Gasteiger partial charge in [0, 0.05) is 30.8 Å². The number of fused-ring (bicyclic) bond motifs is 3. The maximum atomic E-state index is 12.5. The number of benzene rings is 2. The van der Waals surface area contributed by atoms with Crippen LogP contribution in [0.3, 0.4) is 0 Å². The fraction of sp³-hybridized carbons (Fsp3) is 0.417. The van der Waals surface area contributed by atoms with E-state index in [1.54, 1.807) is 6.07 Å². The number of hydrogen-bond donors (Lipinski definition) is 3. The second-order valence-corrected chi connectivity index (χ2v) is 8.10. The minimum atomic E-state index is -0.528. The number of rotatable bonds is 8. The minimum absolute atomic E-state index is 0.0275. The summed E-state index contributed by atoms with van der Waals surface area (Å²) in [6.45, 7) is 0.229. The molecule has 3 N–H and O–H groups in total. The molecule has 8 nitrogen and oxygen atoms in total. The predicted molar refractivity (Wildman–Crippen MR) is 117 cm³/mol. The summed E-state index contributed by atoms with van der Waals surface area (Å²) in [7, 11) is 1.47. The molecule has 0 bridgehead atoms. The van der Waals surface area contributed by atoms with Gasteiger partial charge in [0.25, 0.3) is 0 Å². The minimum Gasteiger partial charge on any atom is -0.487 e. The number of carbonyl (C=O) groups excluding carboxylic acids is 2. The van der Waals surface area contributed by atoms with Gasteiger partial charge in [-0.25, -0.2) is 0 Å². The monoisotopic (exact) mass is 440 g/mol. The molecule has 4 rings (SSSR count). The number of amides is 2. The lowest BCUT2D eigenvalue weighted by Gasteiger charge is -2.37. The van der Waals surface area contributed by atoms with Crippen LogP contribution >= 0.6 is 0 Å². The van der Waals surface area contributed by atoms with Crippen LogP contribution in [0.4, 0.5) is 5.69 Å². The van der Waals surface area contributed by atoms with Crippen LogP contribution in [0.15, 0.2) is 48.5 Å². The number of ether oxygens (including phenoxy) is 3. The summed E-state index contributed by atoms with van der Waals surface area (Å²) in [4.78, 5) is 24.4. The molecule has 2 amide bonds. The molecule has 0 unspecified atom stereocenters. The van der Waals surface area contributed by atoms with E-state index >= 15 is 0 Å². The lowest BCUT2D eigenvalue weighted by molar-refractivity contribution is -0.142. The van der Waals surface area contributed by atoms with E-state index in [4.69, 9.17) is 14.2 Å². The van der Waals surface area contributed by atoms with Gasteiger partial charge in [-0.1, -0.05) is 30.3 Å². The number of hydrogen-bond acceptors (Lipinski definition) is 6. The maximum absolute atomic E-state index is 12.5. The van der Waals surface area contributed by atoms with E-state index in [0.29, 0.717) is 24.4 Å². The summed E-state index contributed by atoms with van der Waals surface area (Å²) in [5.74, 6) is 0.327. The fourth-order valence-corrected chi connectivity index (χ4v) is 4.37. The largest absolute Gasteiger partial charge is 0.487 e. The quantitative estimate of drug-likeness (QED) is 0.580. The Bertz CT molecular complexity index is 951. The Morgan fingerprint density at radius 2 is 1.97 bits per heavy atom. The molecule has 0 aromatic heterocycles. The first-order valence-electron chi connectivity index (χ1n) is 10.7. The van der Waals surface area contributed by atoms with E-state index < -0.39 is 6.10 Å². The average Bonchev–Trinajstić information content (AvgIpc) is 3.16. The smallest absolute Gasteiger partial charge is 0.250 e. The summed E-state index contributed by atoms with van der Waals surface area (Å²) in [6.07, 6.45) is -0.414. The van der Waals surface area contributed by atoms with Crippen molar-refractivity contribution in [1.29, 1.82) is 0 Å². The Hall–Kier alpha value is -2.94. The Labute approximate surface area is 186 Å². The van der Waals surface area contributed by atoms with E-state index in [1.165, 1.54) is 7.11 Å². The first-order chi connectivity index (χ1) is 15.6. The van der Waals surface area contributed by atoms with Gasteiger partial charge in [0.05, 0.1) is 19.1 Å². The van der Waals surface area contributed by atoms with Gasteiger partial charge in [0.2, 0.25) is 11.8 Å². The zero-order valence-corrected chi connectivity index (χ0v) is 18.0. The molecule has 4 atom stereocenters. The van der Waals surface area contributed by atoms with Gasteiger partial charge >= 0.3 is 0 Å². The van der Waals surface area contributed by atoms with E-state index in [9.17, 15) is 14.7 Å². The van der Waals surface area contributed by atoms with Crippen LogP contribution in [-0.2, 0) is 25.6 Å². The van der Waals surface area contributed by atoms with E-state index in [1.807, 2.05) is 42.5 Å². The zero-order chi connectivity index (χ0) is 22.5. The predicted octanol–water partition coefficient (Wildman–Crippen LogP) is 1.97. The molecule has 2 aromatic rings. The molecule has 0 saturated carbocycles. The summed E-state index contributed by atoms with van der Waals surface area (Å²) < 4.78 is 16.9. The van der Waals surface area contributed by atoms with E-state index in [-0.39, 0.29) is 49.6 Å². The van der Waals surface area contributed by atoms with Crippen molar-refractivity contribution in [2.45, 2.75) is 43.6 Å². The number of methoxy groups -OCH3 is 1. The molecular formula is C24H28N2O6. The van der Waals surface area contributed by atoms with Gasteiger partial charge in [-0.2, -0.15) is 0 Å². The van der Waals surface area contributed by atoms with Crippen molar-refractivity contribution in [1.82, 2.24) is 5.32 Å². The molecule has 1 saturated heterocycles. The van der Waals surface area contributed by atoms with Crippen molar-refractivity contribution in [3.63, 3.8) is 0 Å². The highest BCUT2D eigenvalue weighted by atomic mass is 16.6. The SMILES string of the molecule is COCC(=O)Nc1ccc2c(c1)[C@H]1C[C@@H](CC(=O)NCc3ccccc3)O[C@H](CO)[C@H]1O2. The normalized spacial score (nSPS) is 23.6. The lowest BCUT2D eigenvalue weighted by atomic mass is 9.84. The topological polar surface area (TPSA) is 106 Å². The fourth-order valence-electron chi connectivity index (χ4n) is 4.37. The van der Waals surface area contributed by atoms with Crippen LogP contribution in [0.25, 0.3) is 0 Å². The van der Waals surface area contributed by atoms with Gasteiger partial charge < -0.3 is 30.0 Å².